The molecule has 8 heteroatoms. The van der Waals surface area contributed by atoms with E-state index in [1.54, 1.807) is 48.5 Å². The number of benzene rings is 4. The fraction of sp³-hybridized carbons (Fsp3) is 0.133. The Balaban J connectivity index is 1.41. The van der Waals surface area contributed by atoms with E-state index in [1.807, 2.05) is 24.3 Å². The number of aryl methyl sites for hydroxylation is 2. The Bertz CT molecular complexity index is 1410. The van der Waals surface area contributed by atoms with Crippen LogP contribution in [-0.4, -0.2) is 6.36 Å². The standard InChI is InChI=1S/C30H21F7O/c1-18(31)28(34)24-10-6-20(7-11-24)3-2-19-4-8-21(9-5-19)22-12-14-23(15-13-22)25-16-26(32)29(27(33)17-25)38-30(35,36)37/h4-17H,2-3H2,1H3/b28-18+. The molecule has 0 spiro atoms. The lowest BCUT2D eigenvalue weighted by Gasteiger charge is -2.12. The molecule has 0 N–H and O–H groups in total. The van der Waals surface area contributed by atoms with Crippen molar-refractivity contribution in [1.29, 1.82) is 0 Å². The second-order valence-electron chi connectivity index (χ2n) is 8.64. The van der Waals surface area contributed by atoms with E-state index < -0.39 is 35.4 Å². The predicted octanol–water partition coefficient (Wildman–Crippen LogP) is 9.61. The summed E-state index contributed by atoms with van der Waals surface area (Å²) in [5.74, 6) is -6.12. The zero-order valence-corrected chi connectivity index (χ0v) is 20.1. The first-order valence-corrected chi connectivity index (χ1v) is 11.6. The molecule has 0 atom stereocenters. The first-order chi connectivity index (χ1) is 18.0. The Hall–Kier alpha value is -4.07. The molecule has 4 rings (SSSR count). The average molecular weight is 530 g/mol. The smallest absolute Gasteiger partial charge is 0.399 e. The minimum atomic E-state index is -5.21. The van der Waals surface area contributed by atoms with Crippen molar-refractivity contribution in [3.05, 3.63) is 119 Å². The Morgan fingerprint density at radius 1 is 0.632 bits per heavy atom. The minimum absolute atomic E-state index is 0.0723. The third-order valence-electron chi connectivity index (χ3n) is 5.93. The van der Waals surface area contributed by atoms with Gasteiger partial charge in [0.15, 0.2) is 17.5 Å². The molecule has 0 radical (unpaired) electrons. The number of hydrogen-bond acceptors (Lipinski definition) is 1. The normalized spacial score (nSPS) is 12.3. The molecular weight excluding hydrogens is 509 g/mol. The predicted molar refractivity (Wildman–Crippen MR) is 133 cm³/mol. The molecule has 196 valence electrons. The molecule has 4 aromatic carbocycles. The van der Waals surface area contributed by atoms with Crippen LogP contribution in [0.1, 0.15) is 23.6 Å². The highest BCUT2D eigenvalue weighted by Gasteiger charge is 2.34. The van der Waals surface area contributed by atoms with Crippen LogP contribution in [-0.2, 0) is 12.8 Å². The van der Waals surface area contributed by atoms with Crippen LogP contribution in [0.3, 0.4) is 0 Å². The Labute approximate surface area is 214 Å². The lowest BCUT2D eigenvalue weighted by molar-refractivity contribution is -0.276. The zero-order chi connectivity index (χ0) is 27.4. The van der Waals surface area contributed by atoms with Crippen LogP contribution >= 0.6 is 0 Å². The maximum Gasteiger partial charge on any atom is 0.573 e. The Morgan fingerprint density at radius 3 is 1.45 bits per heavy atom. The lowest BCUT2D eigenvalue weighted by atomic mass is 9.98. The summed E-state index contributed by atoms with van der Waals surface area (Å²) in [4.78, 5) is 0. The quantitative estimate of drug-likeness (QED) is 0.216. The molecule has 0 unspecified atom stereocenters. The van der Waals surface area contributed by atoms with Crippen LogP contribution in [0.15, 0.2) is 90.8 Å². The fourth-order valence-corrected chi connectivity index (χ4v) is 3.96. The molecule has 0 saturated carbocycles. The van der Waals surface area contributed by atoms with E-state index in [1.165, 1.54) is 0 Å². The molecule has 0 saturated heterocycles. The van der Waals surface area contributed by atoms with Crippen molar-refractivity contribution in [2.45, 2.75) is 26.1 Å². The summed E-state index contributed by atoms with van der Waals surface area (Å²) in [5, 5.41) is 0. The van der Waals surface area contributed by atoms with Crippen LogP contribution in [0.2, 0.25) is 0 Å². The van der Waals surface area contributed by atoms with E-state index in [2.05, 4.69) is 4.74 Å². The van der Waals surface area contributed by atoms with Gasteiger partial charge in [0.1, 0.15) is 5.83 Å². The molecule has 0 heterocycles. The summed E-state index contributed by atoms with van der Waals surface area (Å²) in [6, 6.07) is 22.7. The van der Waals surface area contributed by atoms with Gasteiger partial charge in [0, 0.05) is 5.56 Å². The van der Waals surface area contributed by atoms with Gasteiger partial charge in [-0.1, -0.05) is 72.8 Å². The second-order valence-corrected chi connectivity index (χ2v) is 8.64. The van der Waals surface area contributed by atoms with E-state index in [0.717, 1.165) is 47.7 Å². The molecular formula is C30H21F7O. The topological polar surface area (TPSA) is 9.23 Å². The van der Waals surface area contributed by atoms with Crippen LogP contribution in [0.25, 0.3) is 28.1 Å². The van der Waals surface area contributed by atoms with Crippen molar-refractivity contribution < 1.29 is 35.5 Å². The van der Waals surface area contributed by atoms with Gasteiger partial charge >= 0.3 is 6.36 Å². The highest BCUT2D eigenvalue weighted by molar-refractivity contribution is 5.71. The molecule has 38 heavy (non-hydrogen) atoms. The van der Waals surface area contributed by atoms with Gasteiger partial charge in [0.05, 0.1) is 0 Å². The Morgan fingerprint density at radius 2 is 1.03 bits per heavy atom. The van der Waals surface area contributed by atoms with Gasteiger partial charge in [0.25, 0.3) is 0 Å². The number of allylic oxidation sites excluding steroid dienone is 1. The summed E-state index contributed by atoms with van der Waals surface area (Å²) in [7, 11) is 0. The van der Waals surface area contributed by atoms with Crippen molar-refractivity contribution in [2.24, 2.45) is 0 Å². The van der Waals surface area contributed by atoms with Crippen LogP contribution in [0, 0.1) is 11.6 Å². The van der Waals surface area contributed by atoms with Crippen molar-refractivity contribution in [1.82, 2.24) is 0 Å². The largest absolute Gasteiger partial charge is 0.573 e. The minimum Gasteiger partial charge on any atom is -0.399 e. The number of rotatable bonds is 7. The maximum absolute atomic E-state index is 14.1. The molecule has 0 bridgehead atoms. The van der Waals surface area contributed by atoms with Crippen LogP contribution < -0.4 is 4.74 Å². The van der Waals surface area contributed by atoms with Crippen molar-refractivity contribution in [3.63, 3.8) is 0 Å². The SMILES string of the molecule is C/C(F)=C(\F)c1ccc(CCc2ccc(-c3ccc(-c4cc(F)c(OC(F)(F)F)c(F)c4)cc3)cc2)cc1. The first-order valence-electron chi connectivity index (χ1n) is 11.6. The van der Waals surface area contributed by atoms with Gasteiger partial charge in [0.2, 0.25) is 5.75 Å². The van der Waals surface area contributed by atoms with Gasteiger partial charge in [-0.15, -0.1) is 13.2 Å². The molecule has 0 amide bonds. The van der Waals surface area contributed by atoms with Crippen molar-refractivity contribution >= 4 is 5.83 Å². The van der Waals surface area contributed by atoms with Gasteiger partial charge in [-0.25, -0.2) is 17.6 Å². The molecule has 1 nitrogen and oxygen atoms in total. The highest BCUT2D eigenvalue weighted by atomic mass is 19.4. The van der Waals surface area contributed by atoms with Crippen molar-refractivity contribution in [3.8, 4) is 28.0 Å². The number of alkyl halides is 3. The van der Waals surface area contributed by atoms with Gasteiger partial charge in [-0.3, -0.25) is 0 Å². The molecule has 0 fully saturated rings. The molecule has 4 aromatic rings. The molecule has 0 aliphatic heterocycles. The van der Waals surface area contributed by atoms with Gasteiger partial charge < -0.3 is 4.74 Å². The summed E-state index contributed by atoms with van der Waals surface area (Å²) in [5.41, 5.74) is 4.50. The van der Waals surface area contributed by atoms with Gasteiger partial charge in [-0.05, 0) is 65.3 Å². The van der Waals surface area contributed by atoms with Crippen LogP contribution in [0.4, 0.5) is 30.7 Å². The van der Waals surface area contributed by atoms with E-state index in [0.29, 0.717) is 12.0 Å². The monoisotopic (exact) mass is 530 g/mol. The third-order valence-corrected chi connectivity index (χ3v) is 5.93. The summed E-state index contributed by atoms with van der Waals surface area (Å²) in [6.45, 7) is 1.07. The zero-order valence-electron chi connectivity index (χ0n) is 20.1. The van der Waals surface area contributed by atoms with Crippen molar-refractivity contribution in [2.75, 3.05) is 0 Å². The Kier molecular flexibility index (Phi) is 7.90. The second kappa shape index (κ2) is 11.1. The van der Waals surface area contributed by atoms with E-state index in [-0.39, 0.29) is 11.1 Å². The average Bonchev–Trinajstić information content (AvgIpc) is 2.89. The maximum atomic E-state index is 14.1. The van der Waals surface area contributed by atoms with Crippen LogP contribution in [0.5, 0.6) is 5.75 Å². The fourth-order valence-electron chi connectivity index (χ4n) is 3.96. The molecule has 0 aromatic heterocycles. The number of ether oxygens (including phenoxy) is 1. The van der Waals surface area contributed by atoms with E-state index >= 15 is 0 Å². The van der Waals surface area contributed by atoms with Gasteiger partial charge in [-0.2, -0.15) is 0 Å². The molecule has 0 aliphatic rings. The third kappa shape index (κ3) is 6.62. The summed E-state index contributed by atoms with van der Waals surface area (Å²) >= 11 is 0. The number of hydrogen-bond donors (Lipinski definition) is 0. The first kappa shape index (κ1) is 27.0. The summed E-state index contributed by atoms with van der Waals surface area (Å²) in [6.07, 6.45) is -3.75. The lowest BCUT2D eigenvalue weighted by Crippen LogP contribution is -2.19. The van der Waals surface area contributed by atoms with E-state index in [4.69, 9.17) is 0 Å². The number of halogens is 7. The summed E-state index contributed by atoms with van der Waals surface area (Å²) < 4.78 is 95.3. The molecule has 0 aliphatic carbocycles. The van der Waals surface area contributed by atoms with E-state index in [9.17, 15) is 30.7 Å². The highest BCUT2D eigenvalue weighted by Crippen LogP contribution is 2.33.